The van der Waals surface area contributed by atoms with Gasteiger partial charge in [-0.2, -0.15) is 0 Å². The van der Waals surface area contributed by atoms with E-state index in [1.807, 2.05) is 11.9 Å². The molecular formula is C11H19N5O3. The first-order chi connectivity index (χ1) is 8.99. The number of hydrogen-bond acceptors (Lipinski definition) is 6. The van der Waals surface area contributed by atoms with E-state index in [0.29, 0.717) is 0 Å². The van der Waals surface area contributed by atoms with Crippen molar-refractivity contribution in [3.8, 4) is 0 Å². The Morgan fingerprint density at radius 3 is 2.74 bits per heavy atom. The molecule has 0 spiro atoms. The normalized spacial score (nSPS) is 21.2. The maximum absolute atomic E-state index is 10.8. The van der Waals surface area contributed by atoms with E-state index in [4.69, 9.17) is 0 Å². The van der Waals surface area contributed by atoms with Crippen LogP contribution in [0.25, 0.3) is 0 Å². The second kappa shape index (κ2) is 5.64. The molecule has 0 aromatic carbocycles. The first-order valence-electron chi connectivity index (χ1n) is 6.24. The van der Waals surface area contributed by atoms with E-state index in [1.165, 1.54) is 6.20 Å². The first kappa shape index (κ1) is 13.9. The highest BCUT2D eigenvalue weighted by molar-refractivity contribution is 5.04. The third-order valence-corrected chi connectivity index (χ3v) is 3.41. The summed E-state index contributed by atoms with van der Waals surface area (Å²) >= 11 is 0. The average molecular weight is 269 g/mol. The number of nitrogens with one attached hydrogen (secondary N) is 1. The van der Waals surface area contributed by atoms with Crippen molar-refractivity contribution in [2.45, 2.75) is 5.60 Å². The lowest BCUT2D eigenvalue weighted by molar-refractivity contribution is -0.503. The number of H-pyrrole nitrogens is 1. The summed E-state index contributed by atoms with van der Waals surface area (Å²) in [5.41, 5.74) is -1.57. The van der Waals surface area contributed by atoms with Crippen LogP contribution in [-0.2, 0) is 5.60 Å². The number of imidazole rings is 1. The minimum Gasteiger partial charge on any atom is -0.375 e. The first-order valence-corrected chi connectivity index (χ1v) is 6.24. The highest BCUT2D eigenvalue weighted by Crippen LogP contribution is 2.20. The van der Waals surface area contributed by atoms with Gasteiger partial charge in [0.1, 0.15) is 5.82 Å². The zero-order valence-corrected chi connectivity index (χ0v) is 10.9. The van der Waals surface area contributed by atoms with Gasteiger partial charge in [0, 0.05) is 50.0 Å². The Labute approximate surface area is 111 Å². The summed E-state index contributed by atoms with van der Waals surface area (Å²) < 4.78 is 0. The summed E-state index contributed by atoms with van der Waals surface area (Å²) in [7, 11) is 2.03. The van der Waals surface area contributed by atoms with Gasteiger partial charge in [-0.3, -0.25) is 15.0 Å². The zero-order chi connectivity index (χ0) is 13.9. The van der Waals surface area contributed by atoms with Gasteiger partial charge in [0.05, 0.1) is 0 Å². The molecule has 0 bridgehead atoms. The second-order valence-electron chi connectivity index (χ2n) is 5.04. The minimum absolute atomic E-state index is 0.218. The maximum atomic E-state index is 10.8. The molecule has 0 amide bonds. The fourth-order valence-corrected chi connectivity index (χ4v) is 2.31. The Balaban J connectivity index is 2.08. The third kappa shape index (κ3) is 3.49. The Morgan fingerprint density at radius 1 is 1.53 bits per heavy atom. The zero-order valence-electron chi connectivity index (χ0n) is 10.9. The molecule has 8 heteroatoms. The van der Waals surface area contributed by atoms with Crippen molar-refractivity contribution in [1.29, 1.82) is 0 Å². The Morgan fingerprint density at radius 2 is 2.21 bits per heavy atom. The van der Waals surface area contributed by atoms with E-state index in [-0.39, 0.29) is 12.4 Å². The number of aromatic nitrogens is 2. The molecule has 1 atom stereocenters. The monoisotopic (exact) mass is 269 g/mol. The van der Waals surface area contributed by atoms with E-state index in [2.05, 4.69) is 14.9 Å². The van der Waals surface area contributed by atoms with E-state index in [0.717, 1.165) is 26.2 Å². The number of aliphatic hydroxyl groups is 1. The summed E-state index contributed by atoms with van der Waals surface area (Å²) in [4.78, 5) is 21.3. The van der Waals surface area contributed by atoms with Gasteiger partial charge >= 0.3 is 0 Å². The number of aromatic amines is 1. The predicted octanol–water partition coefficient (Wildman–Crippen LogP) is -0.879. The molecule has 1 aromatic rings. The van der Waals surface area contributed by atoms with Crippen LogP contribution in [0.15, 0.2) is 12.4 Å². The van der Waals surface area contributed by atoms with Crippen molar-refractivity contribution in [2.75, 3.05) is 46.3 Å². The van der Waals surface area contributed by atoms with E-state index in [9.17, 15) is 15.2 Å². The quantitative estimate of drug-likeness (QED) is 0.532. The summed E-state index contributed by atoms with van der Waals surface area (Å²) in [5.74, 6) is 0.253. The largest absolute Gasteiger partial charge is 0.375 e. The molecule has 1 fully saturated rings. The van der Waals surface area contributed by atoms with Crippen LogP contribution < -0.4 is 0 Å². The van der Waals surface area contributed by atoms with Gasteiger partial charge in [0.15, 0.2) is 5.60 Å². The molecule has 19 heavy (non-hydrogen) atoms. The smallest absolute Gasteiger partial charge is 0.240 e. The fourth-order valence-electron chi connectivity index (χ4n) is 2.31. The van der Waals surface area contributed by atoms with Crippen LogP contribution >= 0.6 is 0 Å². The van der Waals surface area contributed by atoms with Crippen LogP contribution in [0.1, 0.15) is 5.82 Å². The van der Waals surface area contributed by atoms with Crippen molar-refractivity contribution in [1.82, 2.24) is 19.8 Å². The lowest BCUT2D eigenvalue weighted by Gasteiger charge is -2.36. The Hall–Kier alpha value is -1.51. The van der Waals surface area contributed by atoms with Gasteiger partial charge in [-0.25, -0.2) is 4.98 Å². The SMILES string of the molecule is CN1CCN(CC(O)(C[N+](=O)[O-])c2ncc[nH]2)CC1. The summed E-state index contributed by atoms with van der Waals surface area (Å²) in [6.07, 6.45) is 3.05. The summed E-state index contributed by atoms with van der Waals surface area (Å²) in [5, 5.41) is 21.4. The molecule has 1 aliphatic heterocycles. The summed E-state index contributed by atoms with van der Waals surface area (Å²) in [6, 6.07) is 0. The number of likely N-dealkylation sites (N-methyl/N-ethyl adjacent to an activating group) is 1. The van der Waals surface area contributed by atoms with E-state index in [1.54, 1.807) is 6.20 Å². The predicted molar refractivity (Wildman–Crippen MR) is 68.3 cm³/mol. The van der Waals surface area contributed by atoms with Gasteiger partial charge in [-0.15, -0.1) is 0 Å². The summed E-state index contributed by atoms with van der Waals surface area (Å²) in [6.45, 7) is 3.04. The highest BCUT2D eigenvalue weighted by atomic mass is 16.6. The maximum Gasteiger partial charge on any atom is 0.240 e. The molecule has 0 radical (unpaired) electrons. The number of β-amino-alcohol motifs (C(OH)–C–C–N with tert-alkyl or cyclic N) is 1. The third-order valence-electron chi connectivity index (χ3n) is 3.41. The van der Waals surface area contributed by atoms with Gasteiger partial charge < -0.3 is 15.0 Å². The van der Waals surface area contributed by atoms with Gasteiger partial charge in [0.2, 0.25) is 6.54 Å². The van der Waals surface area contributed by atoms with E-state index < -0.39 is 17.1 Å². The van der Waals surface area contributed by atoms with Crippen molar-refractivity contribution in [3.05, 3.63) is 28.3 Å². The number of nitro groups is 1. The molecule has 0 aliphatic carbocycles. The van der Waals surface area contributed by atoms with Gasteiger partial charge in [-0.05, 0) is 7.05 Å². The van der Waals surface area contributed by atoms with Crippen LogP contribution in [0.3, 0.4) is 0 Å². The Bertz CT molecular complexity index is 416. The van der Waals surface area contributed by atoms with Crippen LogP contribution in [0.5, 0.6) is 0 Å². The number of hydrogen-bond donors (Lipinski definition) is 2. The van der Waals surface area contributed by atoms with Crippen molar-refractivity contribution in [3.63, 3.8) is 0 Å². The molecule has 106 valence electrons. The molecule has 2 heterocycles. The standard InChI is InChI=1S/C11H19N5O3/c1-14-4-6-15(7-5-14)8-11(17,9-16(18)19)10-12-2-3-13-10/h2-3,17H,4-9H2,1H3,(H,12,13). The number of piperazine rings is 1. The highest BCUT2D eigenvalue weighted by Gasteiger charge is 2.40. The molecule has 1 aromatic heterocycles. The van der Waals surface area contributed by atoms with Crippen molar-refractivity contribution in [2.24, 2.45) is 0 Å². The van der Waals surface area contributed by atoms with Crippen molar-refractivity contribution >= 4 is 0 Å². The molecule has 0 saturated carbocycles. The van der Waals surface area contributed by atoms with Crippen LogP contribution in [0.2, 0.25) is 0 Å². The molecule has 1 saturated heterocycles. The fraction of sp³-hybridized carbons (Fsp3) is 0.727. The second-order valence-corrected chi connectivity index (χ2v) is 5.04. The molecule has 2 rings (SSSR count). The average Bonchev–Trinajstić information content (AvgIpc) is 2.85. The van der Waals surface area contributed by atoms with Crippen LogP contribution in [0.4, 0.5) is 0 Å². The molecule has 2 N–H and O–H groups in total. The van der Waals surface area contributed by atoms with E-state index >= 15 is 0 Å². The lowest BCUT2D eigenvalue weighted by Crippen LogP contribution is -2.52. The Kier molecular flexibility index (Phi) is 4.13. The molecule has 1 aliphatic rings. The van der Waals surface area contributed by atoms with Crippen LogP contribution in [0, 0.1) is 10.1 Å². The lowest BCUT2D eigenvalue weighted by atomic mass is 10.0. The van der Waals surface area contributed by atoms with Gasteiger partial charge in [-0.1, -0.05) is 0 Å². The molecular weight excluding hydrogens is 250 g/mol. The van der Waals surface area contributed by atoms with Crippen molar-refractivity contribution < 1.29 is 10.0 Å². The number of rotatable bonds is 5. The molecule has 1 unspecified atom stereocenters. The molecule has 8 nitrogen and oxygen atoms in total. The van der Waals surface area contributed by atoms with Gasteiger partial charge in [0.25, 0.3) is 0 Å². The topological polar surface area (TPSA) is 98.5 Å². The van der Waals surface area contributed by atoms with Crippen LogP contribution in [-0.4, -0.2) is 76.1 Å². The number of nitrogens with zero attached hydrogens (tertiary/aromatic N) is 4. The minimum atomic E-state index is -1.57.